The Hall–Kier alpha value is -0.430. The van der Waals surface area contributed by atoms with E-state index in [1.807, 2.05) is 19.9 Å². The molecule has 1 rings (SSSR count). The van der Waals surface area contributed by atoms with Crippen LogP contribution in [0.2, 0.25) is 0 Å². The molecule has 0 aliphatic rings. The lowest BCUT2D eigenvalue weighted by Crippen LogP contribution is -2.40. The van der Waals surface area contributed by atoms with Gasteiger partial charge in [-0.15, -0.1) is 11.3 Å². The lowest BCUT2D eigenvalue weighted by atomic mass is 10.0. The van der Waals surface area contributed by atoms with Crippen LogP contribution in [0.25, 0.3) is 0 Å². The molecule has 0 bridgehead atoms. The molecule has 0 aliphatic carbocycles. The molecule has 0 fully saturated rings. The minimum atomic E-state index is -3.49. The second-order valence-corrected chi connectivity index (χ2v) is 7.81. The summed E-state index contributed by atoms with van der Waals surface area (Å²) in [5.74, 6) is 0. The van der Waals surface area contributed by atoms with Gasteiger partial charge in [-0.2, -0.15) is 0 Å². The first kappa shape index (κ1) is 15.6. The molecule has 1 unspecified atom stereocenters. The zero-order valence-corrected chi connectivity index (χ0v) is 12.7. The lowest BCUT2D eigenvalue weighted by molar-refractivity contribution is 0.0554. The van der Waals surface area contributed by atoms with Gasteiger partial charge >= 0.3 is 0 Å². The molecule has 6 heteroatoms. The molecule has 0 aliphatic heterocycles. The van der Waals surface area contributed by atoms with Crippen LogP contribution in [-0.2, 0) is 16.4 Å². The third kappa shape index (κ3) is 4.35. The Morgan fingerprint density at radius 1 is 1.39 bits per heavy atom. The van der Waals surface area contributed by atoms with Gasteiger partial charge in [0.05, 0.1) is 5.60 Å². The van der Waals surface area contributed by atoms with Crippen LogP contribution in [-0.4, -0.2) is 25.7 Å². The normalized spacial score (nSPS) is 15.6. The fourth-order valence-corrected chi connectivity index (χ4v) is 4.14. The molecule has 1 aromatic rings. The van der Waals surface area contributed by atoms with Gasteiger partial charge < -0.3 is 5.11 Å². The minimum absolute atomic E-state index is 0.0442. The highest BCUT2D eigenvalue weighted by atomic mass is 32.2. The summed E-state index contributed by atoms with van der Waals surface area (Å²) >= 11 is 1.27. The summed E-state index contributed by atoms with van der Waals surface area (Å²) in [5, 5.41) is 9.95. The van der Waals surface area contributed by atoms with Gasteiger partial charge in [0.1, 0.15) is 4.21 Å². The smallest absolute Gasteiger partial charge is 0.250 e. The Morgan fingerprint density at radius 2 is 2.06 bits per heavy atom. The van der Waals surface area contributed by atoms with E-state index in [1.54, 1.807) is 13.0 Å². The van der Waals surface area contributed by atoms with E-state index in [1.165, 1.54) is 11.3 Å². The molecule has 0 aromatic carbocycles. The Kier molecular flexibility index (Phi) is 5.33. The van der Waals surface area contributed by atoms with Gasteiger partial charge in [0.15, 0.2) is 0 Å². The maximum Gasteiger partial charge on any atom is 0.250 e. The number of nitrogens with one attached hydrogen (secondary N) is 1. The van der Waals surface area contributed by atoms with Crippen molar-refractivity contribution in [3.63, 3.8) is 0 Å². The molecule has 0 radical (unpaired) electrons. The molecule has 4 nitrogen and oxygen atoms in total. The first-order chi connectivity index (χ1) is 8.30. The molecule has 18 heavy (non-hydrogen) atoms. The van der Waals surface area contributed by atoms with Crippen molar-refractivity contribution in [1.29, 1.82) is 0 Å². The van der Waals surface area contributed by atoms with Gasteiger partial charge in [0, 0.05) is 11.4 Å². The predicted octanol–water partition coefficient (Wildman–Crippen LogP) is 2.14. The number of aliphatic hydroxyl groups is 1. The van der Waals surface area contributed by atoms with Gasteiger partial charge in [-0.1, -0.05) is 20.3 Å². The van der Waals surface area contributed by atoms with Crippen LogP contribution >= 0.6 is 11.3 Å². The van der Waals surface area contributed by atoms with Crippen molar-refractivity contribution >= 4 is 21.4 Å². The Labute approximate surface area is 113 Å². The van der Waals surface area contributed by atoms with Crippen LogP contribution in [0.4, 0.5) is 0 Å². The van der Waals surface area contributed by atoms with E-state index in [9.17, 15) is 13.5 Å². The zero-order chi connectivity index (χ0) is 13.8. The summed E-state index contributed by atoms with van der Waals surface area (Å²) in [7, 11) is -3.49. The lowest BCUT2D eigenvalue weighted by Gasteiger charge is -2.22. The standard InChI is InChI=1S/C12H21NO3S2/c1-4-8-12(3,14)9-13-18(15,16)11-7-6-10(5-2)17-11/h6-7,13-14H,4-5,8-9H2,1-3H3. The highest BCUT2D eigenvalue weighted by Crippen LogP contribution is 2.22. The molecule has 1 heterocycles. The molecular weight excluding hydrogens is 270 g/mol. The zero-order valence-electron chi connectivity index (χ0n) is 11.1. The summed E-state index contributed by atoms with van der Waals surface area (Å²) in [6, 6.07) is 3.43. The Balaban J connectivity index is 2.71. The maximum absolute atomic E-state index is 12.0. The third-order valence-electron chi connectivity index (χ3n) is 2.68. The Bertz CT molecular complexity index is 477. The summed E-state index contributed by atoms with van der Waals surface area (Å²) in [4.78, 5) is 1.04. The van der Waals surface area contributed by atoms with Gasteiger partial charge in [-0.05, 0) is 31.9 Å². The van der Waals surface area contributed by atoms with Crippen LogP contribution in [0.1, 0.15) is 38.5 Å². The monoisotopic (exact) mass is 291 g/mol. The summed E-state index contributed by atoms with van der Waals surface area (Å²) in [6.07, 6.45) is 2.21. The average molecular weight is 291 g/mol. The molecule has 0 saturated carbocycles. The van der Waals surface area contributed by atoms with E-state index in [2.05, 4.69) is 4.72 Å². The van der Waals surface area contributed by atoms with Crippen molar-refractivity contribution in [3.05, 3.63) is 17.0 Å². The van der Waals surface area contributed by atoms with E-state index in [-0.39, 0.29) is 6.54 Å². The second-order valence-electron chi connectivity index (χ2n) is 4.65. The third-order valence-corrected chi connectivity index (χ3v) is 5.80. The highest BCUT2D eigenvalue weighted by molar-refractivity contribution is 7.91. The van der Waals surface area contributed by atoms with Crippen molar-refractivity contribution < 1.29 is 13.5 Å². The maximum atomic E-state index is 12.0. The van der Waals surface area contributed by atoms with E-state index < -0.39 is 15.6 Å². The predicted molar refractivity (Wildman–Crippen MR) is 74.4 cm³/mol. The molecule has 0 spiro atoms. The van der Waals surface area contributed by atoms with Crippen LogP contribution < -0.4 is 4.72 Å². The van der Waals surface area contributed by atoms with Gasteiger partial charge in [-0.25, -0.2) is 13.1 Å². The summed E-state index contributed by atoms with van der Waals surface area (Å²) in [6.45, 7) is 5.63. The van der Waals surface area contributed by atoms with Crippen molar-refractivity contribution in [2.45, 2.75) is 49.8 Å². The minimum Gasteiger partial charge on any atom is -0.389 e. The van der Waals surface area contributed by atoms with Crippen LogP contribution in [0, 0.1) is 0 Å². The summed E-state index contributed by atoms with van der Waals surface area (Å²) in [5.41, 5.74) is -0.993. The number of aryl methyl sites for hydroxylation is 1. The molecule has 1 aromatic heterocycles. The SMILES string of the molecule is CCCC(C)(O)CNS(=O)(=O)c1ccc(CC)s1. The first-order valence-electron chi connectivity index (χ1n) is 6.11. The van der Waals surface area contributed by atoms with Crippen LogP contribution in [0.5, 0.6) is 0 Å². The fraction of sp³-hybridized carbons (Fsp3) is 0.667. The number of rotatable bonds is 7. The quantitative estimate of drug-likeness (QED) is 0.809. The average Bonchev–Trinajstić information content (AvgIpc) is 2.76. The van der Waals surface area contributed by atoms with E-state index in [0.717, 1.165) is 17.7 Å². The number of hydrogen-bond donors (Lipinski definition) is 2. The molecule has 104 valence electrons. The first-order valence-corrected chi connectivity index (χ1v) is 8.41. The second kappa shape index (κ2) is 6.14. The molecule has 2 N–H and O–H groups in total. The molecule has 0 saturated heterocycles. The summed E-state index contributed by atoms with van der Waals surface area (Å²) < 4.78 is 26.8. The molecular formula is C12H21NO3S2. The van der Waals surface area contributed by atoms with E-state index in [0.29, 0.717) is 10.6 Å². The Morgan fingerprint density at radius 3 is 2.56 bits per heavy atom. The van der Waals surface area contributed by atoms with Gasteiger partial charge in [-0.3, -0.25) is 0 Å². The highest BCUT2D eigenvalue weighted by Gasteiger charge is 2.24. The van der Waals surface area contributed by atoms with Crippen LogP contribution in [0.15, 0.2) is 16.3 Å². The number of thiophene rings is 1. The topological polar surface area (TPSA) is 66.4 Å². The van der Waals surface area contributed by atoms with Crippen molar-refractivity contribution in [3.8, 4) is 0 Å². The van der Waals surface area contributed by atoms with Crippen molar-refractivity contribution in [2.24, 2.45) is 0 Å². The van der Waals surface area contributed by atoms with Gasteiger partial charge in [0.25, 0.3) is 0 Å². The largest absolute Gasteiger partial charge is 0.389 e. The molecule has 0 amide bonds. The van der Waals surface area contributed by atoms with Crippen LogP contribution in [0.3, 0.4) is 0 Å². The van der Waals surface area contributed by atoms with Crippen molar-refractivity contribution in [2.75, 3.05) is 6.54 Å². The fourth-order valence-electron chi connectivity index (χ4n) is 1.64. The van der Waals surface area contributed by atoms with Crippen molar-refractivity contribution in [1.82, 2.24) is 4.72 Å². The molecule has 1 atom stereocenters. The van der Waals surface area contributed by atoms with E-state index >= 15 is 0 Å². The number of sulfonamides is 1. The van der Waals surface area contributed by atoms with Gasteiger partial charge in [0.2, 0.25) is 10.0 Å². The number of hydrogen-bond acceptors (Lipinski definition) is 4. The van der Waals surface area contributed by atoms with E-state index in [4.69, 9.17) is 0 Å².